The number of hydrogen-bond donors (Lipinski definition) is 2. The summed E-state index contributed by atoms with van der Waals surface area (Å²) in [5.74, 6) is -1.51. The summed E-state index contributed by atoms with van der Waals surface area (Å²) in [5.41, 5.74) is 9.07. The third-order valence-corrected chi connectivity index (χ3v) is 1.72. The molecular formula is C8H9N2O4. The van der Waals surface area contributed by atoms with Gasteiger partial charge in [-0.05, 0) is 23.6 Å². The van der Waals surface area contributed by atoms with E-state index in [4.69, 9.17) is 20.5 Å². The van der Waals surface area contributed by atoms with E-state index in [9.17, 15) is 4.79 Å². The van der Waals surface area contributed by atoms with Gasteiger partial charge in [-0.1, -0.05) is 6.08 Å². The summed E-state index contributed by atoms with van der Waals surface area (Å²) < 4.78 is 4.83. The van der Waals surface area contributed by atoms with E-state index >= 15 is 0 Å². The number of aliphatic hydroxyl groups is 1. The summed E-state index contributed by atoms with van der Waals surface area (Å²) in [6, 6.07) is 0. The van der Waals surface area contributed by atoms with E-state index in [1.165, 1.54) is 12.2 Å². The molecule has 0 aromatic heterocycles. The van der Waals surface area contributed by atoms with Gasteiger partial charge in [0.1, 0.15) is 0 Å². The normalized spacial score (nSPS) is 20.5. The highest BCUT2D eigenvalue weighted by molar-refractivity contribution is 5.85. The van der Waals surface area contributed by atoms with E-state index in [2.05, 4.69) is 5.11 Å². The fourth-order valence-corrected chi connectivity index (χ4v) is 1.06. The quantitative estimate of drug-likeness (QED) is 0.613. The van der Waals surface area contributed by atoms with Crippen molar-refractivity contribution in [2.75, 3.05) is 6.61 Å². The van der Waals surface area contributed by atoms with Crippen LogP contribution < -0.4 is 5.53 Å². The molecule has 6 nitrogen and oxygen atoms in total. The summed E-state index contributed by atoms with van der Waals surface area (Å²) in [6.07, 6.45) is 1.97. The van der Waals surface area contributed by atoms with Crippen LogP contribution in [-0.4, -0.2) is 29.0 Å². The lowest BCUT2D eigenvalue weighted by molar-refractivity contribution is -0.137. The zero-order chi connectivity index (χ0) is 10.6. The van der Waals surface area contributed by atoms with E-state index < -0.39 is 12.2 Å². The highest BCUT2D eigenvalue weighted by Gasteiger charge is 2.22. The number of nitrogens with zero attached hydrogens (tertiary/aromatic N) is 2. The minimum atomic E-state index is -1.22. The highest BCUT2D eigenvalue weighted by Crippen LogP contribution is 2.20. The average Bonchev–Trinajstić information content (AvgIpc) is 2.18. The number of allylic oxidation sites excluding steroid dienone is 2. The van der Waals surface area contributed by atoms with Crippen molar-refractivity contribution >= 4 is 5.97 Å². The van der Waals surface area contributed by atoms with Crippen molar-refractivity contribution in [1.82, 2.24) is 5.53 Å². The van der Waals surface area contributed by atoms with Crippen molar-refractivity contribution in [3.05, 3.63) is 23.5 Å². The molecule has 1 radical (unpaired) electrons. The largest absolute Gasteiger partial charge is 0.475 e. The molecule has 1 aliphatic rings. The molecule has 0 fully saturated rings. The van der Waals surface area contributed by atoms with E-state index in [0.717, 1.165) is 0 Å². The molecule has 1 aliphatic heterocycles. The molecule has 0 spiro atoms. The first-order chi connectivity index (χ1) is 6.69. The molecule has 75 valence electrons. The molecule has 0 aliphatic carbocycles. The van der Waals surface area contributed by atoms with Crippen molar-refractivity contribution in [2.45, 2.75) is 12.6 Å². The number of hydrogen-bond acceptors (Lipinski definition) is 4. The number of rotatable bonds is 4. The van der Waals surface area contributed by atoms with Crippen LogP contribution in [0.5, 0.6) is 0 Å². The van der Waals surface area contributed by atoms with Gasteiger partial charge in [-0.2, -0.15) is 0 Å². The van der Waals surface area contributed by atoms with Crippen molar-refractivity contribution in [3.8, 4) is 0 Å². The third-order valence-electron chi connectivity index (χ3n) is 1.72. The predicted molar refractivity (Wildman–Crippen MR) is 44.9 cm³/mol. The van der Waals surface area contributed by atoms with Crippen LogP contribution in [0, 0.1) is 0 Å². The van der Waals surface area contributed by atoms with Crippen molar-refractivity contribution < 1.29 is 19.7 Å². The van der Waals surface area contributed by atoms with Gasteiger partial charge in [0.05, 0.1) is 0 Å². The van der Waals surface area contributed by atoms with Crippen molar-refractivity contribution in [3.63, 3.8) is 0 Å². The second-order valence-electron chi connectivity index (χ2n) is 2.64. The Bertz CT molecular complexity index is 308. The maximum atomic E-state index is 10.5. The Hall–Kier alpha value is -1.69. The fraction of sp³-hybridized carbons (Fsp3) is 0.375. The first-order valence-electron chi connectivity index (χ1n) is 3.94. The van der Waals surface area contributed by atoms with Gasteiger partial charge in [0.15, 0.2) is 0 Å². The summed E-state index contributed by atoms with van der Waals surface area (Å²) >= 11 is 0. The van der Waals surface area contributed by atoms with Gasteiger partial charge in [-0.15, -0.1) is 5.11 Å². The van der Waals surface area contributed by atoms with Crippen molar-refractivity contribution in [2.24, 2.45) is 5.11 Å². The summed E-state index contributed by atoms with van der Waals surface area (Å²) in [5, 5.41) is 20.1. The molecule has 0 aromatic rings. The molecular weight excluding hydrogens is 188 g/mol. The Labute approximate surface area is 80.0 Å². The zero-order valence-corrected chi connectivity index (χ0v) is 7.25. The Balaban J connectivity index is 2.83. The molecule has 2 N–H and O–H groups in total. The Kier molecular flexibility index (Phi) is 3.35. The van der Waals surface area contributed by atoms with Gasteiger partial charge >= 0.3 is 5.97 Å². The van der Waals surface area contributed by atoms with Crippen LogP contribution in [0.4, 0.5) is 0 Å². The predicted octanol–water partition coefficient (Wildman–Crippen LogP) is -0.128. The van der Waals surface area contributed by atoms with Crippen LogP contribution >= 0.6 is 0 Å². The van der Waals surface area contributed by atoms with E-state index in [1.807, 2.05) is 0 Å². The van der Waals surface area contributed by atoms with Crippen LogP contribution in [-0.2, 0) is 9.53 Å². The zero-order valence-electron chi connectivity index (χ0n) is 7.25. The summed E-state index contributed by atoms with van der Waals surface area (Å²) in [6.45, 7) is -0.114. The monoisotopic (exact) mass is 197 g/mol. The Morgan fingerprint density at radius 1 is 1.64 bits per heavy atom. The topological polar surface area (TPSA) is 101 Å². The third kappa shape index (κ3) is 2.17. The number of carboxylic acids is 1. The summed E-state index contributed by atoms with van der Waals surface area (Å²) in [4.78, 5) is 10.5. The van der Waals surface area contributed by atoms with Gasteiger partial charge in [-0.25, -0.2) is 4.79 Å². The lowest BCUT2D eigenvalue weighted by Gasteiger charge is -2.19. The minimum absolute atomic E-state index is 0.114. The second kappa shape index (κ2) is 4.52. The molecule has 0 saturated carbocycles. The molecule has 1 atom stereocenters. The lowest BCUT2D eigenvalue weighted by atomic mass is 10.1. The van der Waals surface area contributed by atoms with Crippen LogP contribution in [0.3, 0.4) is 0 Å². The molecule has 14 heavy (non-hydrogen) atoms. The summed E-state index contributed by atoms with van der Waals surface area (Å²) in [7, 11) is 0. The minimum Gasteiger partial charge on any atom is -0.475 e. The molecule has 0 amide bonds. The van der Waals surface area contributed by atoms with E-state index in [1.54, 1.807) is 0 Å². The molecule has 1 rings (SSSR count). The van der Waals surface area contributed by atoms with Gasteiger partial charge in [0.2, 0.25) is 12.0 Å². The molecule has 1 unspecified atom stereocenters. The van der Waals surface area contributed by atoms with Crippen LogP contribution in [0.2, 0.25) is 0 Å². The maximum absolute atomic E-state index is 10.5. The molecule has 1 heterocycles. The Morgan fingerprint density at radius 2 is 2.36 bits per heavy atom. The number of carboxylic acid groups (broad SMARTS) is 1. The Morgan fingerprint density at radius 3 is 2.86 bits per heavy atom. The molecule has 0 bridgehead atoms. The first-order valence-corrected chi connectivity index (χ1v) is 3.94. The van der Waals surface area contributed by atoms with E-state index in [0.29, 0.717) is 5.57 Å². The fourth-order valence-electron chi connectivity index (χ4n) is 1.06. The smallest absolute Gasteiger partial charge is 0.371 e. The van der Waals surface area contributed by atoms with Crippen LogP contribution in [0.15, 0.2) is 28.6 Å². The van der Waals surface area contributed by atoms with Crippen molar-refractivity contribution in [1.29, 1.82) is 0 Å². The number of ether oxygens (including phenoxy) is 1. The molecule has 6 heteroatoms. The first kappa shape index (κ1) is 10.4. The standard InChI is InChI=1S/C8H9N2O4/c9-10-7-5(3-4-11)1-2-6(14-7)8(12)13/h1-2,7,11H,3-4H2,(H,12,13). The van der Waals surface area contributed by atoms with Gasteiger partial charge in [0, 0.05) is 6.61 Å². The van der Waals surface area contributed by atoms with Gasteiger partial charge < -0.3 is 14.9 Å². The second-order valence-corrected chi connectivity index (χ2v) is 2.64. The highest BCUT2D eigenvalue weighted by atomic mass is 16.5. The number of carbonyl (C=O) groups is 1. The average molecular weight is 197 g/mol. The maximum Gasteiger partial charge on any atom is 0.371 e. The van der Waals surface area contributed by atoms with Crippen LogP contribution in [0.1, 0.15) is 6.42 Å². The van der Waals surface area contributed by atoms with E-state index in [-0.39, 0.29) is 18.8 Å². The van der Waals surface area contributed by atoms with Gasteiger partial charge in [0.25, 0.3) is 0 Å². The lowest BCUT2D eigenvalue weighted by Crippen LogP contribution is -2.20. The molecule has 0 saturated heterocycles. The van der Waals surface area contributed by atoms with Gasteiger partial charge in [-0.3, -0.25) is 0 Å². The molecule has 0 aromatic carbocycles. The SMILES string of the molecule is [N]=NC1OC(C(=O)O)=CC=C1CCO. The van der Waals surface area contributed by atoms with Crippen LogP contribution in [0.25, 0.3) is 0 Å². The number of aliphatic hydroxyl groups excluding tert-OH is 1. The number of aliphatic carboxylic acids is 1.